The molecule has 1 saturated carbocycles. The van der Waals surface area contributed by atoms with Crippen molar-refractivity contribution in [2.45, 2.75) is 50.6 Å². The van der Waals surface area contributed by atoms with Gasteiger partial charge in [-0.1, -0.05) is 12.8 Å². The highest BCUT2D eigenvalue weighted by Crippen LogP contribution is 2.24. The Balaban J connectivity index is 1.43. The number of aromatic amines is 1. The molecule has 23 heavy (non-hydrogen) atoms. The van der Waals surface area contributed by atoms with Crippen molar-refractivity contribution in [1.29, 1.82) is 0 Å². The molecule has 2 N–H and O–H groups in total. The van der Waals surface area contributed by atoms with Crippen molar-refractivity contribution in [1.82, 2.24) is 25.1 Å². The van der Waals surface area contributed by atoms with E-state index in [-0.39, 0.29) is 5.91 Å². The minimum absolute atomic E-state index is 0.0937. The molecular weight excluding hydrogens is 290 g/mol. The zero-order valence-electron chi connectivity index (χ0n) is 14.3. The molecule has 1 atom stereocenters. The van der Waals surface area contributed by atoms with E-state index in [4.69, 9.17) is 0 Å². The van der Waals surface area contributed by atoms with Crippen molar-refractivity contribution >= 4 is 5.91 Å². The Kier molecular flexibility index (Phi) is 5.33. The third-order valence-corrected chi connectivity index (χ3v) is 5.24. The predicted octanol–water partition coefficient (Wildman–Crippen LogP) is 1.32. The zero-order chi connectivity index (χ0) is 16.2. The van der Waals surface area contributed by atoms with E-state index in [0.29, 0.717) is 25.0 Å². The number of likely N-dealkylation sites (tertiary alicyclic amines) is 1. The van der Waals surface area contributed by atoms with Crippen LogP contribution in [0.2, 0.25) is 0 Å². The summed E-state index contributed by atoms with van der Waals surface area (Å²) >= 11 is 0. The van der Waals surface area contributed by atoms with Crippen LogP contribution in [0.25, 0.3) is 0 Å². The van der Waals surface area contributed by atoms with Crippen LogP contribution in [0.3, 0.4) is 0 Å². The number of likely N-dealkylation sites (N-methyl/N-ethyl adjacent to an activating group) is 2. The number of H-pyrrole nitrogens is 1. The molecule has 128 valence electrons. The van der Waals surface area contributed by atoms with Gasteiger partial charge in [0, 0.05) is 18.5 Å². The first-order valence-electron chi connectivity index (χ1n) is 8.81. The summed E-state index contributed by atoms with van der Waals surface area (Å²) in [6.45, 7) is 3.21. The van der Waals surface area contributed by atoms with Crippen molar-refractivity contribution in [2.75, 3.05) is 33.7 Å². The van der Waals surface area contributed by atoms with Crippen molar-refractivity contribution in [3.05, 3.63) is 17.7 Å². The van der Waals surface area contributed by atoms with Gasteiger partial charge in [-0.3, -0.25) is 9.69 Å². The number of imidazole rings is 1. The van der Waals surface area contributed by atoms with Crippen LogP contribution in [0.15, 0.2) is 6.20 Å². The highest BCUT2D eigenvalue weighted by atomic mass is 16.2. The summed E-state index contributed by atoms with van der Waals surface area (Å²) in [6, 6.07) is 0.582. The van der Waals surface area contributed by atoms with E-state index in [1.165, 1.54) is 25.7 Å². The zero-order valence-corrected chi connectivity index (χ0v) is 14.3. The smallest absolute Gasteiger partial charge is 0.234 e. The van der Waals surface area contributed by atoms with Crippen LogP contribution in [-0.2, 0) is 11.3 Å². The molecule has 1 aromatic heterocycles. The Hall–Kier alpha value is -1.40. The average molecular weight is 319 g/mol. The number of nitrogens with zero attached hydrogens (tertiary/aromatic N) is 3. The molecule has 6 nitrogen and oxygen atoms in total. The lowest BCUT2D eigenvalue weighted by atomic mass is 10.1. The minimum Gasteiger partial charge on any atom is -0.349 e. The van der Waals surface area contributed by atoms with E-state index in [2.05, 4.69) is 39.2 Å². The quantitative estimate of drug-likeness (QED) is 0.830. The average Bonchev–Trinajstić information content (AvgIpc) is 3.26. The third-order valence-electron chi connectivity index (χ3n) is 5.24. The van der Waals surface area contributed by atoms with E-state index in [1.807, 2.05) is 6.20 Å². The first-order chi connectivity index (χ1) is 11.1. The fourth-order valence-electron chi connectivity index (χ4n) is 3.78. The first kappa shape index (κ1) is 16.5. The largest absolute Gasteiger partial charge is 0.349 e. The van der Waals surface area contributed by atoms with Crippen LogP contribution in [-0.4, -0.2) is 65.4 Å². The molecule has 2 aliphatic rings. The molecule has 0 radical (unpaired) electrons. The third kappa shape index (κ3) is 4.32. The molecule has 0 spiro atoms. The Labute approximate surface area is 138 Å². The Morgan fingerprint density at radius 1 is 1.43 bits per heavy atom. The van der Waals surface area contributed by atoms with Gasteiger partial charge in [-0.25, -0.2) is 4.98 Å². The number of carbonyl (C=O) groups is 1. The van der Waals surface area contributed by atoms with Crippen molar-refractivity contribution in [2.24, 2.45) is 0 Å². The summed E-state index contributed by atoms with van der Waals surface area (Å²) in [6.07, 6.45) is 8.05. The highest BCUT2D eigenvalue weighted by molar-refractivity contribution is 5.77. The second kappa shape index (κ2) is 7.45. The number of nitrogens with one attached hydrogen (secondary N) is 2. The number of hydrogen-bond acceptors (Lipinski definition) is 4. The summed E-state index contributed by atoms with van der Waals surface area (Å²) in [7, 11) is 4.20. The molecule has 0 aromatic carbocycles. The van der Waals surface area contributed by atoms with E-state index < -0.39 is 0 Å². The summed E-state index contributed by atoms with van der Waals surface area (Å²) in [5.41, 5.74) is 0.992. The molecule has 1 aliphatic carbocycles. The van der Waals surface area contributed by atoms with Crippen LogP contribution >= 0.6 is 0 Å². The van der Waals surface area contributed by atoms with Gasteiger partial charge < -0.3 is 15.2 Å². The maximum Gasteiger partial charge on any atom is 0.234 e. The van der Waals surface area contributed by atoms with Gasteiger partial charge in [0.15, 0.2) is 0 Å². The maximum atomic E-state index is 12.1. The molecule has 6 heteroatoms. The number of carbonyl (C=O) groups excluding carboxylic acids is 1. The summed E-state index contributed by atoms with van der Waals surface area (Å²) < 4.78 is 0. The standard InChI is InChI=1S/C17H29N5O/c1-21-8-7-13(11-21)17-19-10-14(20-17)9-18-16(23)12-22(2)15-5-3-4-6-15/h10,13,15H,3-9,11-12H2,1-2H3,(H,18,23)(H,19,20)/t13-/m0/s1. The number of rotatable bonds is 6. The molecule has 1 amide bonds. The minimum atomic E-state index is 0.0937. The monoisotopic (exact) mass is 319 g/mol. The molecule has 0 unspecified atom stereocenters. The van der Waals surface area contributed by atoms with Crippen molar-refractivity contribution in [3.8, 4) is 0 Å². The van der Waals surface area contributed by atoms with Gasteiger partial charge >= 0.3 is 0 Å². The summed E-state index contributed by atoms with van der Waals surface area (Å²) in [4.78, 5) is 24.5. The highest BCUT2D eigenvalue weighted by Gasteiger charge is 2.24. The molecule has 0 bridgehead atoms. The Morgan fingerprint density at radius 3 is 2.91 bits per heavy atom. The summed E-state index contributed by atoms with van der Waals surface area (Å²) in [5.74, 6) is 1.65. The van der Waals surface area contributed by atoms with Gasteiger partial charge in [-0.05, 0) is 39.9 Å². The topological polar surface area (TPSA) is 64.3 Å². The molecule has 3 rings (SSSR count). The first-order valence-corrected chi connectivity index (χ1v) is 8.81. The van der Waals surface area contributed by atoms with Gasteiger partial charge in [-0.2, -0.15) is 0 Å². The number of aromatic nitrogens is 2. The number of hydrogen-bond donors (Lipinski definition) is 2. The normalized spacial score (nSPS) is 23.0. The molecule has 1 saturated heterocycles. The van der Waals surface area contributed by atoms with Crippen LogP contribution in [0, 0.1) is 0 Å². The molecule has 1 aromatic rings. The Morgan fingerprint density at radius 2 is 2.22 bits per heavy atom. The van der Waals surface area contributed by atoms with Crippen molar-refractivity contribution in [3.63, 3.8) is 0 Å². The van der Waals surface area contributed by atoms with E-state index in [1.54, 1.807) is 0 Å². The fourth-order valence-corrected chi connectivity index (χ4v) is 3.78. The van der Waals surface area contributed by atoms with Gasteiger partial charge in [-0.15, -0.1) is 0 Å². The molecular formula is C17H29N5O. The SMILES string of the molecule is CN1CC[C@H](c2ncc(CNC(=O)CN(C)C3CCCC3)[nH]2)C1. The second-order valence-electron chi connectivity index (χ2n) is 7.17. The van der Waals surface area contributed by atoms with Gasteiger partial charge in [0.05, 0.1) is 25.0 Å². The lowest BCUT2D eigenvalue weighted by Gasteiger charge is -2.23. The van der Waals surface area contributed by atoms with Crippen LogP contribution in [0.4, 0.5) is 0 Å². The Bertz CT molecular complexity index is 523. The second-order valence-corrected chi connectivity index (χ2v) is 7.17. The molecule has 1 aliphatic heterocycles. The van der Waals surface area contributed by atoms with Gasteiger partial charge in [0.25, 0.3) is 0 Å². The molecule has 2 heterocycles. The van der Waals surface area contributed by atoms with Crippen LogP contribution in [0.1, 0.15) is 49.5 Å². The van der Waals surface area contributed by atoms with Crippen LogP contribution in [0.5, 0.6) is 0 Å². The lowest BCUT2D eigenvalue weighted by molar-refractivity contribution is -0.122. The number of amides is 1. The maximum absolute atomic E-state index is 12.1. The summed E-state index contributed by atoms with van der Waals surface area (Å²) in [5, 5.41) is 3.00. The predicted molar refractivity (Wildman–Crippen MR) is 90.2 cm³/mol. The van der Waals surface area contributed by atoms with Gasteiger partial charge in [0.2, 0.25) is 5.91 Å². The van der Waals surface area contributed by atoms with Crippen molar-refractivity contribution < 1.29 is 4.79 Å². The van der Waals surface area contributed by atoms with E-state index in [0.717, 1.165) is 31.0 Å². The lowest BCUT2D eigenvalue weighted by Crippen LogP contribution is -2.39. The van der Waals surface area contributed by atoms with E-state index in [9.17, 15) is 4.79 Å². The van der Waals surface area contributed by atoms with Crippen LogP contribution < -0.4 is 5.32 Å². The van der Waals surface area contributed by atoms with E-state index >= 15 is 0 Å². The van der Waals surface area contributed by atoms with Gasteiger partial charge in [0.1, 0.15) is 5.82 Å². The molecule has 2 fully saturated rings. The fraction of sp³-hybridized carbons (Fsp3) is 0.765.